The van der Waals surface area contributed by atoms with Crippen LogP contribution in [-0.2, 0) is 7.05 Å². The van der Waals surface area contributed by atoms with Crippen LogP contribution in [0.1, 0.15) is 36.8 Å². The molecule has 0 radical (unpaired) electrons. The predicted octanol–water partition coefficient (Wildman–Crippen LogP) is 3.70. The minimum Gasteiger partial charge on any atom is -0.411 e. The lowest BCUT2D eigenvalue weighted by molar-refractivity contribution is 0.319. The van der Waals surface area contributed by atoms with Gasteiger partial charge < -0.3 is 5.21 Å². The second-order valence-electron chi connectivity index (χ2n) is 7.73. The molecule has 4 heterocycles. The third-order valence-electron chi connectivity index (χ3n) is 5.58. The fourth-order valence-corrected chi connectivity index (χ4v) is 3.79. The summed E-state index contributed by atoms with van der Waals surface area (Å²) >= 11 is 0. The number of hydrogen-bond acceptors (Lipinski definition) is 7. The van der Waals surface area contributed by atoms with Crippen LogP contribution in [0, 0.1) is 11.6 Å². The van der Waals surface area contributed by atoms with Gasteiger partial charge in [0.25, 0.3) is 0 Å². The molecule has 0 amide bonds. The first-order valence-electron chi connectivity index (χ1n) is 10.1. The fraction of sp³-hybridized carbons (Fsp3) is 0.182. The summed E-state index contributed by atoms with van der Waals surface area (Å²) in [6.45, 7) is 3.21. The maximum atomic E-state index is 15.7. The molecule has 0 saturated heterocycles. The number of aromatic nitrogens is 7. The summed E-state index contributed by atoms with van der Waals surface area (Å²) in [5.41, 5.74) is 2.53. The van der Waals surface area contributed by atoms with Crippen LogP contribution in [0.5, 0.6) is 0 Å². The number of halogens is 2. The third-order valence-corrected chi connectivity index (χ3v) is 5.58. The molecule has 1 N–H and O–H groups in total. The van der Waals surface area contributed by atoms with Crippen molar-refractivity contribution >= 4 is 22.3 Å². The largest absolute Gasteiger partial charge is 0.411 e. The number of aryl methyl sites for hydroxylation is 1. The summed E-state index contributed by atoms with van der Waals surface area (Å²) in [4.78, 5) is 4.24. The summed E-state index contributed by atoms with van der Waals surface area (Å²) in [6, 6.07) is 6.10. The van der Waals surface area contributed by atoms with Crippen molar-refractivity contribution in [2.24, 2.45) is 12.2 Å². The van der Waals surface area contributed by atoms with Crippen molar-refractivity contribution in [2.75, 3.05) is 0 Å². The van der Waals surface area contributed by atoms with Gasteiger partial charge in [-0.2, -0.15) is 14.7 Å². The molecule has 1 aromatic carbocycles. The van der Waals surface area contributed by atoms with Gasteiger partial charge in [-0.3, -0.25) is 9.67 Å². The van der Waals surface area contributed by atoms with Gasteiger partial charge in [-0.1, -0.05) is 12.1 Å². The van der Waals surface area contributed by atoms with Gasteiger partial charge in [-0.25, -0.2) is 8.78 Å². The lowest BCUT2D eigenvalue weighted by Crippen LogP contribution is -2.11. The van der Waals surface area contributed by atoms with E-state index in [9.17, 15) is 0 Å². The van der Waals surface area contributed by atoms with Crippen LogP contribution in [0.25, 0.3) is 27.7 Å². The lowest BCUT2D eigenvalue weighted by atomic mass is 9.96. The van der Waals surface area contributed by atoms with E-state index in [0.717, 1.165) is 5.56 Å². The van der Waals surface area contributed by atoms with Gasteiger partial charge >= 0.3 is 0 Å². The van der Waals surface area contributed by atoms with Crippen molar-refractivity contribution in [3.63, 3.8) is 0 Å². The average molecular weight is 448 g/mol. The van der Waals surface area contributed by atoms with Crippen LogP contribution in [0.4, 0.5) is 8.78 Å². The highest BCUT2D eigenvalue weighted by atomic mass is 19.1. The lowest BCUT2D eigenvalue weighted by Gasteiger charge is -2.14. The molecule has 0 aliphatic rings. The summed E-state index contributed by atoms with van der Waals surface area (Å²) in [7, 11) is 1.78. The van der Waals surface area contributed by atoms with Crippen molar-refractivity contribution in [1.82, 2.24) is 34.6 Å². The fourth-order valence-electron chi connectivity index (χ4n) is 3.79. The zero-order valence-corrected chi connectivity index (χ0v) is 17.9. The summed E-state index contributed by atoms with van der Waals surface area (Å²) < 4.78 is 33.8. The summed E-state index contributed by atoms with van der Waals surface area (Å²) in [5.74, 6) is -2.04. The Kier molecular flexibility index (Phi) is 4.81. The molecule has 33 heavy (non-hydrogen) atoms. The molecular formula is C22H18F2N8O. The third kappa shape index (κ3) is 3.37. The Balaban J connectivity index is 1.66. The van der Waals surface area contributed by atoms with Crippen LogP contribution in [0.2, 0.25) is 0 Å². The molecule has 0 aliphatic carbocycles. The summed E-state index contributed by atoms with van der Waals surface area (Å²) in [5, 5.41) is 29.0. The van der Waals surface area contributed by atoms with Crippen LogP contribution in [-0.4, -0.2) is 45.5 Å². The first-order valence-corrected chi connectivity index (χ1v) is 10.1. The Morgan fingerprint density at radius 3 is 2.67 bits per heavy atom. The highest BCUT2D eigenvalue weighted by Crippen LogP contribution is 2.33. The Morgan fingerprint density at radius 2 is 1.94 bits per heavy atom. The average Bonchev–Trinajstić information content (AvgIpc) is 3.44. The molecule has 5 rings (SSSR count). The van der Waals surface area contributed by atoms with Gasteiger partial charge in [0.1, 0.15) is 23.0 Å². The second-order valence-corrected chi connectivity index (χ2v) is 7.73. The number of rotatable bonds is 4. The van der Waals surface area contributed by atoms with E-state index < -0.39 is 17.6 Å². The van der Waals surface area contributed by atoms with Crippen LogP contribution in [0.3, 0.4) is 0 Å². The minimum absolute atomic E-state index is 0.165. The van der Waals surface area contributed by atoms with E-state index in [4.69, 9.17) is 5.21 Å². The molecule has 0 aliphatic heterocycles. The molecule has 0 saturated carbocycles. The van der Waals surface area contributed by atoms with Crippen molar-refractivity contribution in [3.05, 3.63) is 71.6 Å². The van der Waals surface area contributed by atoms with Crippen LogP contribution >= 0.6 is 0 Å². The van der Waals surface area contributed by atoms with Gasteiger partial charge in [0.2, 0.25) is 0 Å². The van der Waals surface area contributed by atoms with Gasteiger partial charge in [0, 0.05) is 53.5 Å². The van der Waals surface area contributed by atoms with E-state index >= 15 is 8.78 Å². The molecule has 5 aromatic rings. The maximum Gasteiger partial charge on any atom is 0.177 e. The van der Waals surface area contributed by atoms with Crippen LogP contribution < -0.4 is 0 Å². The number of nitrogens with zero attached hydrogens (tertiary/aromatic N) is 8. The molecule has 0 fully saturated rings. The molecule has 1 atom stereocenters. The SMILES string of the molecule is CC(=NO)c1ccc2nnc(C(C)c3c(F)cc4ncc(-c5cnn(C)c5)cc4c3F)n2n1. The zero-order chi connectivity index (χ0) is 23.3. The first-order chi connectivity index (χ1) is 15.9. The van der Waals surface area contributed by atoms with Crippen molar-refractivity contribution in [1.29, 1.82) is 0 Å². The van der Waals surface area contributed by atoms with E-state index in [1.54, 1.807) is 62.4 Å². The molecular weight excluding hydrogens is 430 g/mol. The highest BCUT2D eigenvalue weighted by molar-refractivity contribution is 5.96. The van der Waals surface area contributed by atoms with Gasteiger partial charge in [-0.15, -0.1) is 10.2 Å². The topological polar surface area (TPSA) is 106 Å². The van der Waals surface area contributed by atoms with Crippen molar-refractivity contribution in [2.45, 2.75) is 19.8 Å². The van der Waals surface area contributed by atoms with Crippen molar-refractivity contribution in [3.8, 4) is 11.1 Å². The standard InChI is InChI=1S/C22H18F2N8O/c1-11(22-28-27-19-5-4-17(12(2)30-33)29-32(19)22)20-16(23)7-18-15(21(20)24)6-13(8-25-18)14-9-26-31(3)10-14/h4-11,33H,1-3H3. The summed E-state index contributed by atoms with van der Waals surface area (Å²) in [6.07, 6.45) is 5.00. The van der Waals surface area contributed by atoms with E-state index in [1.165, 1.54) is 10.6 Å². The molecule has 0 spiro atoms. The minimum atomic E-state index is -0.819. The molecule has 11 heteroatoms. The quantitative estimate of drug-likeness (QED) is 0.255. The monoisotopic (exact) mass is 448 g/mol. The Morgan fingerprint density at radius 1 is 1.12 bits per heavy atom. The molecule has 1 unspecified atom stereocenters. The van der Waals surface area contributed by atoms with E-state index in [-0.39, 0.29) is 28.0 Å². The normalized spacial score (nSPS) is 13.2. The predicted molar refractivity (Wildman–Crippen MR) is 116 cm³/mol. The Labute approximate surface area is 186 Å². The van der Waals surface area contributed by atoms with Gasteiger partial charge in [0.15, 0.2) is 11.5 Å². The van der Waals surface area contributed by atoms with E-state index in [1.807, 2.05) is 0 Å². The number of pyridine rings is 1. The smallest absolute Gasteiger partial charge is 0.177 e. The molecule has 4 aromatic heterocycles. The second kappa shape index (κ2) is 7.69. The van der Waals surface area contributed by atoms with Gasteiger partial charge in [-0.05, 0) is 25.1 Å². The number of hydrogen-bond donors (Lipinski definition) is 1. The zero-order valence-electron chi connectivity index (χ0n) is 17.9. The van der Waals surface area contributed by atoms with E-state index in [2.05, 4.69) is 30.5 Å². The van der Waals surface area contributed by atoms with Gasteiger partial charge in [0.05, 0.1) is 11.7 Å². The number of fused-ring (bicyclic) bond motifs is 2. The Hall–Kier alpha value is -4.28. The number of oxime groups is 1. The van der Waals surface area contributed by atoms with Crippen molar-refractivity contribution < 1.29 is 14.0 Å². The molecule has 166 valence electrons. The number of benzene rings is 1. The van der Waals surface area contributed by atoms with E-state index in [0.29, 0.717) is 16.9 Å². The Bertz CT molecular complexity index is 1560. The first kappa shape index (κ1) is 20.6. The maximum absolute atomic E-state index is 15.7. The van der Waals surface area contributed by atoms with Crippen LogP contribution in [0.15, 0.2) is 48.0 Å². The molecule has 9 nitrogen and oxygen atoms in total. The highest BCUT2D eigenvalue weighted by Gasteiger charge is 2.26. The molecule has 0 bridgehead atoms.